The molecule has 0 N–H and O–H groups in total. The van der Waals surface area contributed by atoms with Gasteiger partial charge in [0.15, 0.2) is 8.07 Å². The fraction of sp³-hybridized carbons (Fsp3) is 0. The van der Waals surface area contributed by atoms with Gasteiger partial charge in [-0.05, 0) is 74.3 Å². The zero-order valence-corrected chi connectivity index (χ0v) is 39.3. The van der Waals surface area contributed by atoms with Crippen LogP contribution >= 0.6 is 0 Å². The minimum Gasteiger partial charge on any atom is -0.307 e. The van der Waals surface area contributed by atoms with Crippen molar-refractivity contribution in [1.82, 2.24) is 13.7 Å². The summed E-state index contributed by atoms with van der Waals surface area (Å²) in [5.41, 5.74) is 12.9. The highest BCUT2D eigenvalue weighted by Gasteiger charge is 2.44. The van der Waals surface area contributed by atoms with Crippen molar-refractivity contribution in [2.75, 3.05) is 0 Å². The van der Waals surface area contributed by atoms with Crippen LogP contribution in [0.1, 0.15) is 0 Å². The van der Waals surface area contributed by atoms with Gasteiger partial charge in [-0.25, -0.2) is 0 Å². The van der Waals surface area contributed by atoms with E-state index in [0.29, 0.717) is 0 Å². The van der Waals surface area contributed by atoms with Crippen LogP contribution < -0.4 is 20.7 Å². The summed E-state index contributed by atoms with van der Waals surface area (Å²) in [6.45, 7) is 0. The molecule has 14 rings (SSSR count). The van der Waals surface area contributed by atoms with Gasteiger partial charge in [-0.1, -0.05) is 231 Å². The maximum atomic E-state index is 2.62. The monoisotopic (exact) mass is 907 g/mol. The van der Waals surface area contributed by atoms with E-state index in [1.54, 1.807) is 0 Å². The molecular weight excluding hydrogens is 863 g/mol. The number of nitrogens with zero attached hydrogens (tertiary/aromatic N) is 3. The standard InChI is InChI=1S/C66H45N3Si/c1-5-22-46(23-6-1)47-40-42-48(43-41-47)67-58-35-17-15-32-54(58)56-34-21-39-62(64(56)67)69-61-38-20-16-33-55(61)57-44-45-63(66(65(57)69)68-59-36-18-13-30-52(59)53-31-14-19-37-60(53)68)70(49-24-7-2-8-25-49,50-26-9-3-10-27-50)51-28-11-4-12-29-51/h1-45H. The van der Waals surface area contributed by atoms with Crippen molar-refractivity contribution < 1.29 is 0 Å². The number of hydrogen-bond acceptors (Lipinski definition) is 0. The summed E-state index contributed by atoms with van der Waals surface area (Å²) < 4.78 is 7.73. The maximum absolute atomic E-state index is 3.18. The third kappa shape index (κ3) is 5.87. The molecule has 0 aliphatic carbocycles. The van der Waals surface area contributed by atoms with Crippen LogP contribution in [0.5, 0.6) is 0 Å². The topological polar surface area (TPSA) is 14.8 Å². The number of hydrogen-bond donors (Lipinski definition) is 0. The van der Waals surface area contributed by atoms with E-state index >= 15 is 0 Å². The molecule has 3 aromatic heterocycles. The summed E-state index contributed by atoms with van der Waals surface area (Å²) in [5, 5.41) is 12.6. The second-order valence-corrected chi connectivity index (χ2v) is 22.1. The van der Waals surface area contributed by atoms with Crippen LogP contribution in [0.3, 0.4) is 0 Å². The van der Waals surface area contributed by atoms with Crippen LogP contribution in [-0.4, -0.2) is 21.8 Å². The van der Waals surface area contributed by atoms with Crippen molar-refractivity contribution in [3.8, 4) is 28.2 Å². The van der Waals surface area contributed by atoms with E-state index in [-0.39, 0.29) is 0 Å². The molecular formula is C66H45N3Si. The second-order valence-electron chi connectivity index (χ2n) is 18.4. The van der Waals surface area contributed by atoms with Crippen LogP contribution in [0.4, 0.5) is 0 Å². The molecule has 0 amide bonds. The van der Waals surface area contributed by atoms with E-state index < -0.39 is 8.07 Å². The smallest absolute Gasteiger partial charge is 0.181 e. The van der Waals surface area contributed by atoms with Gasteiger partial charge in [-0.15, -0.1) is 0 Å². The van der Waals surface area contributed by atoms with Crippen LogP contribution in [0.25, 0.3) is 93.6 Å². The van der Waals surface area contributed by atoms with Gasteiger partial charge < -0.3 is 13.7 Å². The van der Waals surface area contributed by atoms with Crippen LogP contribution in [0, 0.1) is 0 Å². The van der Waals surface area contributed by atoms with Crippen molar-refractivity contribution in [3.05, 3.63) is 273 Å². The third-order valence-electron chi connectivity index (χ3n) is 14.8. The molecule has 0 aliphatic rings. The molecule has 11 aromatic carbocycles. The second kappa shape index (κ2) is 16.1. The Morgan fingerprint density at radius 2 is 0.629 bits per heavy atom. The quantitative estimate of drug-likeness (QED) is 0.107. The van der Waals surface area contributed by atoms with E-state index in [9.17, 15) is 0 Å². The predicted octanol–water partition coefficient (Wildman–Crippen LogP) is 14.0. The van der Waals surface area contributed by atoms with E-state index in [1.165, 1.54) is 91.9 Å². The molecule has 4 heteroatoms. The normalized spacial score (nSPS) is 12.0. The summed E-state index contributed by atoms with van der Waals surface area (Å²) in [7, 11) is -3.18. The largest absolute Gasteiger partial charge is 0.307 e. The number of benzene rings is 11. The van der Waals surface area contributed by atoms with Crippen LogP contribution in [0.2, 0.25) is 0 Å². The van der Waals surface area contributed by atoms with Gasteiger partial charge in [-0.2, -0.15) is 0 Å². The Morgan fingerprint density at radius 1 is 0.243 bits per heavy atom. The lowest BCUT2D eigenvalue weighted by Gasteiger charge is -2.36. The number of fused-ring (bicyclic) bond motifs is 9. The Kier molecular flexibility index (Phi) is 9.23. The molecule has 0 fully saturated rings. The summed E-state index contributed by atoms with van der Waals surface area (Å²) >= 11 is 0. The van der Waals surface area contributed by atoms with E-state index in [4.69, 9.17) is 0 Å². The Labute approximate surface area is 407 Å². The molecule has 0 atom stereocenters. The van der Waals surface area contributed by atoms with Crippen molar-refractivity contribution in [2.45, 2.75) is 0 Å². The summed E-state index contributed by atoms with van der Waals surface area (Å²) in [6.07, 6.45) is 0. The Hall–Kier alpha value is -8.96. The SMILES string of the molecule is c1ccc(-c2ccc(-n3c4ccccc4c4cccc(-n5c6ccccc6c6ccc([Si](c7ccccc7)(c7ccccc7)c7ccccc7)c(-n7c8ccccc8c8ccccc87)c65)c43)cc2)cc1. The maximum Gasteiger partial charge on any atom is 0.181 e. The number of rotatable bonds is 8. The highest BCUT2D eigenvalue weighted by Crippen LogP contribution is 2.43. The molecule has 3 nitrogen and oxygen atoms in total. The van der Waals surface area contributed by atoms with Gasteiger partial charge in [-0.3, -0.25) is 0 Å². The van der Waals surface area contributed by atoms with Crippen molar-refractivity contribution in [1.29, 1.82) is 0 Å². The zero-order valence-electron chi connectivity index (χ0n) is 38.3. The first-order valence-electron chi connectivity index (χ1n) is 24.2. The molecule has 328 valence electrons. The van der Waals surface area contributed by atoms with Gasteiger partial charge in [0, 0.05) is 38.0 Å². The first-order valence-corrected chi connectivity index (χ1v) is 26.2. The molecule has 0 aliphatic heterocycles. The highest BCUT2D eigenvalue weighted by molar-refractivity contribution is 7.20. The van der Waals surface area contributed by atoms with Gasteiger partial charge in [0.25, 0.3) is 0 Å². The summed E-state index contributed by atoms with van der Waals surface area (Å²) in [4.78, 5) is 0. The lowest BCUT2D eigenvalue weighted by Crippen LogP contribution is -2.75. The lowest BCUT2D eigenvalue weighted by molar-refractivity contribution is 1.11. The predicted molar refractivity (Wildman–Crippen MR) is 299 cm³/mol. The molecule has 0 unspecified atom stereocenters. The Morgan fingerprint density at radius 3 is 1.14 bits per heavy atom. The van der Waals surface area contributed by atoms with E-state index in [1.807, 2.05) is 0 Å². The molecule has 0 bridgehead atoms. The van der Waals surface area contributed by atoms with Crippen LogP contribution in [0.15, 0.2) is 273 Å². The molecule has 0 saturated carbocycles. The molecule has 0 radical (unpaired) electrons. The molecule has 70 heavy (non-hydrogen) atoms. The average Bonchev–Trinajstić information content (AvgIpc) is 4.08. The van der Waals surface area contributed by atoms with Gasteiger partial charge in [0.1, 0.15) is 0 Å². The van der Waals surface area contributed by atoms with Gasteiger partial charge in [0.2, 0.25) is 0 Å². The Balaban J connectivity index is 1.21. The first-order chi connectivity index (χ1) is 34.8. The number of aromatic nitrogens is 3. The molecule has 3 heterocycles. The summed E-state index contributed by atoms with van der Waals surface area (Å²) in [6, 6.07) is 102. The highest BCUT2D eigenvalue weighted by atomic mass is 28.3. The molecule has 14 aromatic rings. The van der Waals surface area contributed by atoms with E-state index in [0.717, 1.165) is 22.4 Å². The Bertz CT molecular complexity index is 4110. The van der Waals surface area contributed by atoms with Gasteiger partial charge >= 0.3 is 0 Å². The minimum atomic E-state index is -3.18. The first kappa shape index (κ1) is 40.1. The summed E-state index contributed by atoms with van der Waals surface area (Å²) in [5.74, 6) is 0. The average molecular weight is 908 g/mol. The molecule has 0 spiro atoms. The van der Waals surface area contributed by atoms with Crippen LogP contribution in [-0.2, 0) is 0 Å². The van der Waals surface area contributed by atoms with Crippen molar-refractivity contribution >= 4 is 94.2 Å². The fourth-order valence-corrected chi connectivity index (χ4v) is 16.8. The minimum absolute atomic E-state index is 1.12. The van der Waals surface area contributed by atoms with Crippen molar-refractivity contribution in [2.24, 2.45) is 0 Å². The number of para-hydroxylation sites is 5. The van der Waals surface area contributed by atoms with Crippen molar-refractivity contribution in [3.63, 3.8) is 0 Å². The van der Waals surface area contributed by atoms with E-state index in [2.05, 4.69) is 287 Å². The van der Waals surface area contributed by atoms with Gasteiger partial charge in [0.05, 0.1) is 44.5 Å². The lowest BCUT2D eigenvalue weighted by atomic mass is 10.1. The third-order valence-corrected chi connectivity index (χ3v) is 19.6. The molecule has 0 saturated heterocycles. The zero-order chi connectivity index (χ0) is 46.2. The fourth-order valence-electron chi connectivity index (χ4n) is 11.9.